The summed E-state index contributed by atoms with van der Waals surface area (Å²) >= 11 is 0. The Morgan fingerprint density at radius 3 is 2.35 bits per heavy atom. The van der Waals surface area contributed by atoms with Gasteiger partial charge in [0.2, 0.25) is 15.9 Å². The van der Waals surface area contributed by atoms with Crippen LogP contribution in [0.5, 0.6) is 0 Å². The van der Waals surface area contributed by atoms with E-state index in [4.69, 9.17) is 0 Å². The molecule has 0 saturated carbocycles. The molecular formula is C17H28N2O3S. The van der Waals surface area contributed by atoms with Crippen molar-refractivity contribution in [3.05, 3.63) is 29.8 Å². The van der Waals surface area contributed by atoms with Gasteiger partial charge in [-0.15, -0.1) is 0 Å². The number of hydrogen-bond donors (Lipinski definition) is 1. The highest BCUT2D eigenvalue weighted by atomic mass is 32.2. The van der Waals surface area contributed by atoms with Gasteiger partial charge in [-0.3, -0.25) is 4.79 Å². The normalized spacial score (nSPS) is 16.0. The molecule has 0 fully saturated rings. The molecule has 6 heteroatoms. The molecule has 0 bridgehead atoms. The number of nitrogens with zero attached hydrogens (tertiary/aromatic N) is 1. The van der Waals surface area contributed by atoms with Crippen molar-refractivity contribution in [3.63, 3.8) is 0 Å². The SMILES string of the molecule is CCC(C)C(C)C(=O)NC(C)c1cccc(S(=O)(=O)N(C)C)c1. The van der Waals surface area contributed by atoms with Gasteiger partial charge in [-0.05, 0) is 30.5 Å². The third-order valence-corrected chi connectivity index (χ3v) is 6.22. The molecule has 0 aliphatic rings. The summed E-state index contributed by atoms with van der Waals surface area (Å²) in [7, 11) is -0.472. The average Bonchev–Trinajstić information content (AvgIpc) is 2.53. The molecule has 1 aromatic carbocycles. The van der Waals surface area contributed by atoms with Crippen LogP contribution >= 0.6 is 0 Å². The first kappa shape index (κ1) is 19.6. The zero-order valence-electron chi connectivity index (χ0n) is 14.8. The predicted octanol–water partition coefficient (Wildman–Crippen LogP) is 2.80. The van der Waals surface area contributed by atoms with Crippen LogP contribution in [-0.2, 0) is 14.8 Å². The van der Waals surface area contributed by atoms with Gasteiger partial charge < -0.3 is 5.32 Å². The van der Waals surface area contributed by atoms with Gasteiger partial charge in [0.25, 0.3) is 0 Å². The van der Waals surface area contributed by atoms with E-state index in [1.807, 2.05) is 19.9 Å². The standard InChI is InChI=1S/C17H28N2O3S/c1-7-12(2)13(3)17(20)18-14(4)15-9-8-10-16(11-15)23(21,22)19(5)6/h8-14H,7H2,1-6H3,(H,18,20). The molecule has 130 valence electrons. The Balaban J connectivity index is 2.94. The Morgan fingerprint density at radius 2 is 1.83 bits per heavy atom. The van der Waals surface area contributed by atoms with Crippen LogP contribution in [0.25, 0.3) is 0 Å². The predicted molar refractivity (Wildman–Crippen MR) is 92.5 cm³/mol. The molecule has 1 amide bonds. The molecular weight excluding hydrogens is 312 g/mol. The van der Waals surface area contributed by atoms with E-state index in [1.54, 1.807) is 18.2 Å². The van der Waals surface area contributed by atoms with E-state index in [1.165, 1.54) is 18.4 Å². The lowest BCUT2D eigenvalue weighted by Gasteiger charge is -2.22. The van der Waals surface area contributed by atoms with Gasteiger partial charge in [-0.1, -0.05) is 39.3 Å². The summed E-state index contributed by atoms with van der Waals surface area (Å²) in [5.74, 6) is 0.228. The molecule has 23 heavy (non-hydrogen) atoms. The van der Waals surface area contributed by atoms with E-state index in [2.05, 4.69) is 19.2 Å². The summed E-state index contributed by atoms with van der Waals surface area (Å²) in [5.41, 5.74) is 0.776. The zero-order chi connectivity index (χ0) is 17.8. The van der Waals surface area contributed by atoms with Crippen LogP contribution in [0.3, 0.4) is 0 Å². The Bertz CT molecular complexity index is 641. The van der Waals surface area contributed by atoms with Crippen LogP contribution in [0.4, 0.5) is 0 Å². The van der Waals surface area contributed by atoms with Crippen molar-refractivity contribution in [2.45, 2.75) is 45.1 Å². The van der Waals surface area contributed by atoms with Crippen molar-refractivity contribution < 1.29 is 13.2 Å². The summed E-state index contributed by atoms with van der Waals surface area (Å²) in [6.45, 7) is 7.90. The number of benzene rings is 1. The highest BCUT2D eigenvalue weighted by Crippen LogP contribution is 2.21. The van der Waals surface area contributed by atoms with Crippen molar-refractivity contribution in [2.24, 2.45) is 11.8 Å². The van der Waals surface area contributed by atoms with Gasteiger partial charge in [0, 0.05) is 20.0 Å². The molecule has 0 aliphatic heterocycles. The lowest BCUT2D eigenvalue weighted by Crippen LogP contribution is -2.34. The zero-order valence-corrected chi connectivity index (χ0v) is 15.6. The second-order valence-corrected chi connectivity index (χ2v) is 8.42. The first-order valence-electron chi connectivity index (χ1n) is 7.94. The maximum absolute atomic E-state index is 12.3. The number of hydrogen-bond acceptors (Lipinski definition) is 3. The van der Waals surface area contributed by atoms with Gasteiger partial charge in [0.05, 0.1) is 10.9 Å². The summed E-state index contributed by atoms with van der Waals surface area (Å²) in [6, 6.07) is 6.47. The molecule has 3 atom stereocenters. The van der Waals surface area contributed by atoms with E-state index in [9.17, 15) is 13.2 Å². The van der Waals surface area contributed by atoms with Crippen LogP contribution in [0.1, 0.15) is 45.7 Å². The van der Waals surface area contributed by atoms with Crippen molar-refractivity contribution in [2.75, 3.05) is 14.1 Å². The monoisotopic (exact) mass is 340 g/mol. The number of carbonyl (C=O) groups is 1. The maximum atomic E-state index is 12.3. The van der Waals surface area contributed by atoms with Gasteiger partial charge in [0.1, 0.15) is 0 Å². The third kappa shape index (κ3) is 4.78. The number of sulfonamides is 1. The van der Waals surface area contributed by atoms with Crippen molar-refractivity contribution >= 4 is 15.9 Å². The van der Waals surface area contributed by atoms with Crippen molar-refractivity contribution in [1.82, 2.24) is 9.62 Å². The first-order valence-corrected chi connectivity index (χ1v) is 9.38. The molecule has 0 radical (unpaired) electrons. The number of amides is 1. The molecule has 0 saturated heterocycles. The highest BCUT2D eigenvalue weighted by molar-refractivity contribution is 7.89. The summed E-state index contributed by atoms with van der Waals surface area (Å²) in [4.78, 5) is 12.5. The smallest absolute Gasteiger partial charge is 0.242 e. The van der Waals surface area contributed by atoms with E-state index in [0.717, 1.165) is 12.0 Å². The molecule has 1 N–H and O–H groups in total. The first-order chi connectivity index (χ1) is 10.6. The fourth-order valence-electron chi connectivity index (χ4n) is 2.20. The molecule has 0 aromatic heterocycles. The Morgan fingerprint density at radius 1 is 1.22 bits per heavy atom. The largest absolute Gasteiger partial charge is 0.349 e. The van der Waals surface area contributed by atoms with Crippen LogP contribution in [-0.4, -0.2) is 32.7 Å². The summed E-state index contributed by atoms with van der Waals surface area (Å²) in [6.07, 6.45) is 0.944. The van der Waals surface area contributed by atoms with Crippen LogP contribution in [0, 0.1) is 11.8 Å². The molecule has 0 heterocycles. The lowest BCUT2D eigenvalue weighted by atomic mass is 9.92. The summed E-state index contributed by atoms with van der Waals surface area (Å²) < 4.78 is 25.6. The third-order valence-electron chi connectivity index (χ3n) is 4.41. The van der Waals surface area contributed by atoms with Gasteiger partial charge in [-0.2, -0.15) is 0 Å². The molecule has 1 aromatic rings. The molecule has 3 unspecified atom stereocenters. The van der Waals surface area contributed by atoms with Gasteiger partial charge in [0.15, 0.2) is 0 Å². The van der Waals surface area contributed by atoms with Crippen molar-refractivity contribution in [3.8, 4) is 0 Å². The number of nitrogens with one attached hydrogen (secondary N) is 1. The molecule has 1 rings (SSSR count). The quantitative estimate of drug-likeness (QED) is 0.830. The number of rotatable bonds is 7. The second kappa shape index (κ2) is 7.93. The minimum Gasteiger partial charge on any atom is -0.349 e. The molecule has 0 spiro atoms. The van der Waals surface area contributed by atoms with Crippen molar-refractivity contribution in [1.29, 1.82) is 0 Å². The Labute approximate surface area is 140 Å². The average molecular weight is 340 g/mol. The molecule has 5 nitrogen and oxygen atoms in total. The Hall–Kier alpha value is -1.40. The van der Waals surface area contributed by atoms with E-state index < -0.39 is 10.0 Å². The topological polar surface area (TPSA) is 66.5 Å². The van der Waals surface area contributed by atoms with Crippen LogP contribution in [0.2, 0.25) is 0 Å². The highest BCUT2D eigenvalue weighted by Gasteiger charge is 2.22. The minimum atomic E-state index is -3.47. The maximum Gasteiger partial charge on any atom is 0.242 e. The Kier molecular flexibility index (Phi) is 6.77. The number of carbonyl (C=O) groups excluding carboxylic acids is 1. The van der Waals surface area contributed by atoms with Crippen LogP contribution in [0.15, 0.2) is 29.2 Å². The van der Waals surface area contributed by atoms with E-state index >= 15 is 0 Å². The fraction of sp³-hybridized carbons (Fsp3) is 0.588. The van der Waals surface area contributed by atoms with E-state index in [-0.39, 0.29) is 22.8 Å². The lowest BCUT2D eigenvalue weighted by molar-refractivity contribution is -0.126. The second-order valence-electron chi connectivity index (χ2n) is 6.26. The summed E-state index contributed by atoms with van der Waals surface area (Å²) in [5, 5.41) is 2.97. The van der Waals surface area contributed by atoms with Gasteiger partial charge in [-0.25, -0.2) is 12.7 Å². The fourth-order valence-corrected chi connectivity index (χ4v) is 3.15. The van der Waals surface area contributed by atoms with Crippen LogP contribution < -0.4 is 5.32 Å². The van der Waals surface area contributed by atoms with E-state index in [0.29, 0.717) is 5.92 Å². The minimum absolute atomic E-state index is 0.00674. The molecule has 0 aliphatic carbocycles. The van der Waals surface area contributed by atoms with Gasteiger partial charge >= 0.3 is 0 Å².